The number of fused-ring (bicyclic) bond motifs is 1. The van der Waals surface area contributed by atoms with Crippen LogP contribution in [0.1, 0.15) is 51.4 Å². The van der Waals surface area contributed by atoms with Crippen molar-refractivity contribution in [3.8, 4) is 11.5 Å². The number of hydrogen-bond donors (Lipinski definition) is 1. The van der Waals surface area contributed by atoms with Crippen LogP contribution in [-0.2, 0) is 5.54 Å². The summed E-state index contributed by atoms with van der Waals surface area (Å²) in [6.07, 6.45) is 7.60. The molecule has 1 aliphatic carbocycles. The molecule has 0 atom stereocenters. The van der Waals surface area contributed by atoms with E-state index in [0.717, 1.165) is 42.3 Å². The van der Waals surface area contributed by atoms with Crippen LogP contribution in [-0.4, -0.2) is 24.9 Å². The molecule has 3 aromatic heterocycles. The summed E-state index contributed by atoms with van der Waals surface area (Å²) in [7, 11) is 0. The van der Waals surface area contributed by atoms with Gasteiger partial charge in [0.15, 0.2) is 11.5 Å². The Hall–Kier alpha value is -1.99. The summed E-state index contributed by atoms with van der Waals surface area (Å²) < 4.78 is 7.32. The molecule has 1 aliphatic rings. The Morgan fingerprint density at radius 3 is 2.71 bits per heavy atom. The van der Waals surface area contributed by atoms with E-state index in [4.69, 9.17) is 10.3 Å². The van der Waals surface area contributed by atoms with Crippen molar-refractivity contribution in [3.63, 3.8) is 0 Å². The third kappa shape index (κ3) is 2.67. The van der Waals surface area contributed by atoms with Gasteiger partial charge >= 0.3 is 0 Å². The molecule has 0 aliphatic heterocycles. The van der Waals surface area contributed by atoms with E-state index in [-0.39, 0.29) is 18.4 Å². The Bertz CT molecular complexity index is 849. The van der Waals surface area contributed by atoms with Gasteiger partial charge in [0.25, 0.3) is 5.89 Å². The van der Waals surface area contributed by atoms with Crippen LogP contribution >= 0.6 is 12.4 Å². The average Bonchev–Trinajstić information content (AvgIpc) is 3.25. The normalized spacial score (nSPS) is 16.7. The second kappa shape index (κ2) is 6.14. The van der Waals surface area contributed by atoms with E-state index in [2.05, 4.69) is 34.1 Å². The van der Waals surface area contributed by atoms with Gasteiger partial charge in [0, 0.05) is 17.6 Å². The number of nitrogens with two attached hydrogens (primary N) is 1. The van der Waals surface area contributed by atoms with Crippen molar-refractivity contribution < 1.29 is 4.52 Å². The van der Waals surface area contributed by atoms with E-state index in [1.807, 2.05) is 16.9 Å². The molecule has 2 N–H and O–H groups in total. The zero-order valence-electron chi connectivity index (χ0n) is 13.8. The second-order valence-corrected chi connectivity index (χ2v) is 6.61. The van der Waals surface area contributed by atoms with E-state index in [9.17, 15) is 0 Å². The van der Waals surface area contributed by atoms with Crippen LogP contribution in [0.5, 0.6) is 0 Å². The maximum absolute atomic E-state index is 6.38. The molecule has 0 unspecified atom stereocenters. The molecule has 0 radical (unpaired) electrons. The fourth-order valence-electron chi connectivity index (χ4n) is 3.21. The predicted octanol–water partition coefficient (Wildman–Crippen LogP) is 3.21. The topological polar surface area (TPSA) is 95.7 Å². The van der Waals surface area contributed by atoms with Crippen molar-refractivity contribution >= 4 is 23.4 Å². The monoisotopic (exact) mass is 348 g/mol. The Morgan fingerprint density at radius 2 is 2.00 bits per heavy atom. The van der Waals surface area contributed by atoms with Crippen LogP contribution < -0.4 is 5.73 Å². The summed E-state index contributed by atoms with van der Waals surface area (Å²) in [5, 5.41) is 9.43. The SMILES string of the molecule is CC(C)n1ncc2cc(-c3nc(C4(N)CCCC4)no3)cnc21.Cl. The largest absolute Gasteiger partial charge is 0.334 e. The minimum absolute atomic E-state index is 0. The lowest BCUT2D eigenvalue weighted by Gasteiger charge is -2.17. The van der Waals surface area contributed by atoms with Crippen LogP contribution in [0.4, 0.5) is 0 Å². The Morgan fingerprint density at radius 1 is 1.25 bits per heavy atom. The van der Waals surface area contributed by atoms with Gasteiger partial charge in [-0.2, -0.15) is 10.1 Å². The molecule has 7 nitrogen and oxygen atoms in total. The third-order valence-corrected chi connectivity index (χ3v) is 4.54. The first-order valence-corrected chi connectivity index (χ1v) is 8.03. The maximum Gasteiger partial charge on any atom is 0.259 e. The lowest BCUT2D eigenvalue weighted by atomic mass is 9.99. The molecule has 3 aromatic rings. The van der Waals surface area contributed by atoms with Crippen LogP contribution in [0.2, 0.25) is 0 Å². The molecular weight excluding hydrogens is 328 g/mol. The van der Waals surface area contributed by atoms with Crippen LogP contribution in [0.3, 0.4) is 0 Å². The van der Waals surface area contributed by atoms with Gasteiger partial charge in [-0.3, -0.25) is 0 Å². The molecule has 1 fully saturated rings. The van der Waals surface area contributed by atoms with Crippen molar-refractivity contribution in [2.75, 3.05) is 0 Å². The molecule has 0 amide bonds. The Kier molecular flexibility index (Phi) is 4.31. The molecule has 1 saturated carbocycles. The van der Waals surface area contributed by atoms with E-state index >= 15 is 0 Å². The molecule has 24 heavy (non-hydrogen) atoms. The van der Waals surface area contributed by atoms with E-state index in [1.54, 1.807) is 6.20 Å². The number of rotatable bonds is 3. The van der Waals surface area contributed by atoms with Crippen molar-refractivity contribution in [2.24, 2.45) is 5.73 Å². The minimum Gasteiger partial charge on any atom is -0.334 e. The van der Waals surface area contributed by atoms with Crippen LogP contribution in [0.25, 0.3) is 22.5 Å². The van der Waals surface area contributed by atoms with Crippen molar-refractivity contribution in [1.29, 1.82) is 0 Å². The van der Waals surface area contributed by atoms with Gasteiger partial charge in [-0.1, -0.05) is 18.0 Å². The lowest BCUT2D eigenvalue weighted by molar-refractivity contribution is 0.372. The number of nitrogens with zero attached hydrogens (tertiary/aromatic N) is 5. The van der Waals surface area contributed by atoms with Gasteiger partial charge < -0.3 is 10.3 Å². The summed E-state index contributed by atoms with van der Waals surface area (Å²) in [4.78, 5) is 9.02. The molecule has 4 rings (SSSR count). The molecule has 3 heterocycles. The quantitative estimate of drug-likeness (QED) is 0.780. The van der Waals surface area contributed by atoms with Gasteiger partial charge in [-0.25, -0.2) is 9.67 Å². The highest BCUT2D eigenvalue weighted by molar-refractivity contribution is 5.85. The fourth-order valence-corrected chi connectivity index (χ4v) is 3.21. The Balaban J connectivity index is 0.00000169. The van der Waals surface area contributed by atoms with Crippen LogP contribution in [0, 0.1) is 0 Å². The smallest absolute Gasteiger partial charge is 0.259 e. The number of halogens is 1. The van der Waals surface area contributed by atoms with Gasteiger partial charge in [0.2, 0.25) is 0 Å². The van der Waals surface area contributed by atoms with E-state index in [1.165, 1.54) is 0 Å². The van der Waals surface area contributed by atoms with Gasteiger partial charge in [-0.15, -0.1) is 12.4 Å². The predicted molar refractivity (Wildman–Crippen MR) is 92.8 cm³/mol. The number of aromatic nitrogens is 5. The Labute approximate surface area is 146 Å². The standard InChI is InChI=1S/C16H20N6O.ClH/c1-10(2)22-13-11(9-19-22)7-12(8-18-13)14-20-15(21-23-14)16(17)5-3-4-6-16;/h7-10H,3-6,17H2,1-2H3;1H. The first-order valence-electron chi connectivity index (χ1n) is 8.03. The molecule has 8 heteroatoms. The molecule has 0 bridgehead atoms. The van der Waals surface area contributed by atoms with Gasteiger partial charge in [0.1, 0.15) is 0 Å². The number of pyridine rings is 1. The molecular formula is C16H21ClN6O. The van der Waals surface area contributed by atoms with Crippen molar-refractivity contribution in [3.05, 3.63) is 24.3 Å². The van der Waals surface area contributed by atoms with Gasteiger partial charge in [0.05, 0.1) is 17.3 Å². The highest BCUT2D eigenvalue weighted by atomic mass is 35.5. The van der Waals surface area contributed by atoms with Crippen molar-refractivity contribution in [2.45, 2.75) is 51.1 Å². The van der Waals surface area contributed by atoms with Crippen molar-refractivity contribution in [1.82, 2.24) is 24.9 Å². The lowest BCUT2D eigenvalue weighted by Crippen LogP contribution is -2.34. The number of hydrogen-bond acceptors (Lipinski definition) is 6. The summed E-state index contributed by atoms with van der Waals surface area (Å²) in [5.41, 5.74) is 7.59. The molecule has 0 aromatic carbocycles. The zero-order chi connectivity index (χ0) is 16.0. The van der Waals surface area contributed by atoms with Crippen LogP contribution in [0.15, 0.2) is 23.0 Å². The maximum atomic E-state index is 6.38. The summed E-state index contributed by atoms with van der Waals surface area (Å²) in [6, 6.07) is 2.24. The summed E-state index contributed by atoms with van der Waals surface area (Å²) in [5.74, 6) is 1.06. The third-order valence-electron chi connectivity index (χ3n) is 4.54. The summed E-state index contributed by atoms with van der Waals surface area (Å²) >= 11 is 0. The molecule has 0 spiro atoms. The summed E-state index contributed by atoms with van der Waals surface area (Å²) in [6.45, 7) is 4.16. The van der Waals surface area contributed by atoms with E-state index in [0.29, 0.717) is 11.7 Å². The first kappa shape index (κ1) is 16.9. The zero-order valence-corrected chi connectivity index (χ0v) is 14.6. The average molecular weight is 349 g/mol. The van der Waals surface area contributed by atoms with E-state index < -0.39 is 5.54 Å². The highest BCUT2D eigenvalue weighted by Crippen LogP contribution is 2.35. The first-order chi connectivity index (χ1) is 11.1. The highest BCUT2D eigenvalue weighted by Gasteiger charge is 2.36. The molecule has 0 saturated heterocycles. The van der Waals surface area contributed by atoms with Gasteiger partial charge in [-0.05, 0) is 32.8 Å². The molecule has 128 valence electrons. The fraction of sp³-hybridized carbons (Fsp3) is 0.500. The minimum atomic E-state index is -0.443. The second-order valence-electron chi connectivity index (χ2n) is 6.61.